The van der Waals surface area contributed by atoms with Crippen molar-refractivity contribution in [3.8, 4) is 11.1 Å². The lowest BCUT2D eigenvalue weighted by molar-refractivity contribution is -0.136. The third-order valence-electron chi connectivity index (χ3n) is 6.95. The number of fused-ring (bicyclic) bond motifs is 1. The molecular formula is C25H24FN5O2. The van der Waals surface area contributed by atoms with E-state index in [-0.39, 0.29) is 17.7 Å². The van der Waals surface area contributed by atoms with E-state index < -0.39 is 11.4 Å². The van der Waals surface area contributed by atoms with Gasteiger partial charge in [0.25, 0.3) is 5.91 Å². The van der Waals surface area contributed by atoms with E-state index in [1.807, 2.05) is 37.5 Å². The molecule has 1 aromatic heterocycles. The van der Waals surface area contributed by atoms with Gasteiger partial charge in [-0.2, -0.15) is 5.10 Å². The van der Waals surface area contributed by atoms with Crippen LogP contribution in [-0.2, 0) is 16.6 Å². The first kappa shape index (κ1) is 20.1. The summed E-state index contributed by atoms with van der Waals surface area (Å²) in [7, 11) is 1.87. The summed E-state index contributed by atoms with van der Waals surface area (Å²) in [4.78, 5) is 32.7. The van der Waals surface area contributed by atoms with E-state index >= 15 is 4.39 Å². The monoisotopic (exact) mass is 445 g/mol. The van der Waals surface area contributed by atoms with Gasteiger partial charge in [0.05, 0.1) is 11.1 Å². The second-order valence-electron chi connectivity index (χ2n) is 9.44. The molecule has 3 heterocycles. The van der Waals surface area contributed by atoms with Crippen molar-refractivity contribution in [2.75, 3.05) is 19.6 Å². The maximum absolute atomic E-state index is 15.4. The topological polar surface area (TPSA) is 70.8 Å². The van der Waals surface area contributed by atoms with Gasteiger partial charge in [0, 0.05) is 51.1 Å². The molecule has 6 rings (SSSR count). The van der Waals surface area contributed by atoms with E-state index in [0.717, 1.165) is 22.0 Å². The number of aromatic nitrogens is 2. The van der Waals surface area contributed by atoms with Gasteiger partial charge in [-0.1, -0.05) is 12.1 Å². The number of hydrogen-bond acceptors (Lipinski definition) is 4. The van der Waals surface area contributed by atoms with Crippen LogP contribution >= 0.6 is 0 Å². The van der Waals surface area contributed by atoms with Gasteiger partial charge in [-0.05, 0) is 48.2 Å². The standard InChI is InChI=1S/C25H24FN5O2/c1-15(32)30-11-16(12-30)13-31-23(27-25(7-8-25)24(31)33)20-5-3-18(10-21(20)26)17-4-6-22-19(9-17)14-29(2)28-22/h3-6,9-10,14,16H,7-8,11-13H2,1-2H3. The second kappa shape index (κ2) is 6.97. The molecule has 8 heteroatoms. The fourth-order valence-electron chi connectivity index (χ4n) is 4.88. The Balaban J connectivity index is 1.29. The Kier molecular flexibility index (Phi) is 4.24. The zero-order valence-corrected chi connectivity index (χ0v) is 18.6. The van der Waals surface area contributed by atoms with Crippen LogP contribution in [0.2, 0.25) is 0 Å². The molecule has 1 spiro atoms. The van der Waals surface area contributed by atoms with Gasteiger partial charge in [0.15, 0.2) is 0 Å². The predicted octanol–water partition coefficient (Wildman–Crippen LogP) is 2.98. The molecule has 0 unspecified atom stereocenters. The number of amides is 2. The Bertz CT molecular complexity index is 1350. The van der Waals surface area contributed by atoms with Crippen LogP contribution in [0.15, 0.2) is 47.6 Å². The molecule has 168 valence electrons. The number of rotatable bonds is 4. The minimum atomic E-state index is -0.699. The van der Waals surface area contributed by atoms with Gasteiger partial charge in [0.1, 0.15) is 17.2 Å². The van der Waals surface area contributed by atoms with Crippen LogP contribution in [0.1, 0.15) is 25.3 Å². The normalized spacial score (nSPS) is 19.4. The molecule has 2 fully saturated rings. The first-order valence-electron chi connectivity index (χ1n) is 11.2. The number of likely N-dealkylation sites (tertiary alicyclic amines) is 1. The van der Waals surface area contributed by atoms with Crippen molar-refractivity contribution >= 4 is 28.6 Å². The van der Waals surface area contributed by atoms with Crippen LogP contribution in [0.4, 0.5) is 4.39 Å². The summed E-state index contributed by atoms with van der Waals surface area (Å²) in [5, 5.41) is 5.38. The Morgan fingerprint density at radius 3 is 2.58 bits per heavy atom. The summed E-state index contributed by atoms with van der Waals surface area (Å²) in [5.41, 5.74) is 2.20. The SMILES string of the molecule is CC(=O)N1CC(CN2C(=O)C3(CC3)N=C2c2ccc(-c3ccc4nn(C)cc4c3)cc2F)C1. The zero-order valence-electron chi connectivity index (χ0n) is 18.6. The fraction of sp³-hybridized carbons (Fsp3) is 0.360. The summed E-state index contributed by atoms with van der Waals surface area (Å²) >= 11 is 0. The van der Waals surface area contributed by atoms with Gasteiger partial charge >= 0.3 is 0 Å². The van der Waals surface area contributed by atoms with E-state index in [0.29, 0.717) is 43.9 Å². The van der Waals surface area contributed by atoms with Gasteiger partial charge in [-0.15, -0.1) is 0 Å². The van der Waals surface area contributed by atoms with E-state index in [9.17, 15) is 9.59 Å². The number of aryl methyl sites for hydroxylation is 1. The van der Waals surface area contributed by atoms with Crippen LogP contribution < -0.4 is 0 Å². The maximum Gasteiger partial charge on any atom is 0.256 e. The molecule has 2 amide bonds. The van der Waals surface area contributed by atoms with Crippen molar-refractivity contribution in [3.05, 3.63) is 54.0 Å². The van der Waals surface area contributed by atoms with Gasteiger partial charge in [-0.25, -0.2) is 4.39 Å². The van der Waals surface area contributed by atoms with Crippen molar-refractivity contribution in [1.82, 2.24) is 19.6 Å². The number of hydrogen-bond donors (Lipinski definition) is 0. The van der Waals surface area contributed by atoms with Gasteiger partial charge in [-0.3, -0.25) is 24.2 Å². The van der Waals surface area contributed by atoms with E-state index in [4.69, 9.17) is 4.99 Å². The first-order valence-corrected chi connectivity index (χ1v) is 11.2. The van der Waals surface area contributed by atoms with E-state index in [2.05, 4.69) is 5.10 Å². The zero-order chi connectivity index (χ0) is 22.9. The van der Waals surface area contributed by atoms with Gasteiger partial charge in [0.2, 0.25) is 5.91 Å². The molecule has 1 aliphatic carbocycles. The summed E-state index contributed by atoms with van der Waals surface area (Å²) in [5.74, 6) is 0.213. The smallest absolute Gasteiger partial charge is 0.256 e. The van der Waals surface area contributed by atoms with Crippen molar-refractivity contribution in [2.45, 2.75) is 25.3 Å². The molecule has 3 aliphatic rings. The van der Waals surface area contributed by atoms with E-state index in [1.165, 1.54) is 6.07 Å². The molecular weight excluding hydrogens is 421 g/mol. The predicted molar refractivity (Wildman–Crippen MR) is 122 cm³/mol. The summed E-state index contributed by atoms with van der Waals surface area (Å²) in [6.07, 6.45) is 3.35. The van der Waals surface area contributed by atoms with Crippen LogP contribution in [-0.4, -0.2) is 62.4 Å². The quantitative estimate of drug-likeness (QED) is 0.620. The van der Waals surface area contributed by atoms with Crippen LogP contribution in [0.3, 0.4) is 0 Å². The highest BCUT2D eigenvalue weighted by Gasteiger charge is 2.58. The average Bonchev–Trinajstić information content (AvgIpc) is 3.36. The minimum absolute atomic E-state index is 0.0377. The number of aliphatic imine (C=N–C) groups is 1. The summed E-state index contributed by atoms with van der Waals surface area (Å²) in [6, 6.07) is 11.0. The number of amidine groups is 1. The average molecular weight is 445 g/mol. The number of nitrogens with zero attached hydrogens (tertiary/aromatic N) is 5. The number of halogens is 1. The molecule has 7 nitrogen and oxygen atoms in total. The van der Waals surface area contributed by atoms with E-state index in [1.54, 1.807) is 27.5 Å². The Labute approximate surface area is 190 Å². The number of carbonyl (C=O) groups is 2. The molecule has 0 atom stereocenters. The Morgan fingerprint density at radius 2 is 1.88 bits per heavy atom. The third kappa shape index (κ3) is 3.23. The molecule has 1 saturated heterocycles. The molecule has 3 aromatic rings. The highest BCUT2D eigenvalue weighted by Crippen LogP contribution is 2.46. The Morgan fingerprint density at radius 1 is 1.15 bits per heavy atom. The highest BCUT2D eigenvalue weighted by molar-refractivity contribution is 6.16. The maximum atomic E-state index is 15.4. The molecule has 33 heavy (non-hydrogen) atoms. The molecule has 2 aromatic carbocycles. The van der Waals surface area contributed by atoms with Crippen molar-refractivity contribution in [3.63, 3.8) is 0 Å². The highest BCUT2D eigenvalue weighted by atomic mass is 19.1. The minimum Gasteiger partial charge on any atom is -0.342 e. The summed E-state index contributed by atoms with van der Waals surface area (Å²) in [6.45, 7) is 3.25. The van der Waals surface area contributed by atoms with Crippen molar-refractivity contribution in [1.29, 1.82) is 0 Å². The van der Waals surface area contributed by atoms with Gasteiger partial charge < -0.3 is 4.90 Å². The lowest BCUT2D eigenvalue weighted by atomic mass is 9.98. The Hall–Kier alpha value is -3.55. The third-order valence-corrected chi connectivity index (χ3v) is 6.95. The summed E-state index contributed by atoms with van der Waals surface area (Å²) < 4.78 is 17.1. The second-order valence-corrected chi connectivity index (χ2v) is 9.44. The van der Waals surface area contributed by atoms with Crippen molar-refractivity contribution in [2.24, 2.45) is 18.0 Å². The lowest BCUT2D eigenvalue weighted by Gasteiger charge is -2.40. The fourth-order valence-corrected chi connectivity index (χ4v) is 4.88. The van der Waals surface area contributed by atoms with Crippen molar-refractivity contribution < 1.29 is 14.0 Å². The van der Waals surface area contributed by atoms with Crippen LogP contribution in [0, 0.1) is 11.7 Å². The molecule has 1 saturated carbocycles. The largest absolute Gasteiger partial charge is 0.342 e. The molecule has 0 radical (unpaired) electrons. The lowest BCUT2D eigenvalue weighted by Crippen LogP contribution is -2.54. The van der Waals surface area contributed by atoms with Crippen LogP contribution in [0.25, 0.3) is 22.0 Å². The molecule has 0 bridgehead atoms. The molecule has 0 N–H and O–H groups in total. The van der Waals surface area contributed by atoms with Crippen LogP contribution in [0.5, 0.6) is 0 Å². The molecule has 2 aliphatic heterocycles. The first-order chi connectivity index (χ1) is 15.8. The number of carbonyl (C=O) groups excluding carboxylic acids is 2. The number of benzene rings is 2.